The highest BCUT2D eigenvalue weighted by atomic mass is 32.2. The van der Waals surface area contributed by atoms with E-state index in [0.29, 0.717) is 23.5 Å². The number of nitrogens with two attached hydrogens (primary N) is 1. The number of methoxy groups -OCH3 is 1. The number of hydrogen-bond donors (Lipinski definition) is 1. The minimum Gasteiger partial charge on any atom is -0.495 e. The molecular weight excluding hydrogens is 250 g/mol. The summed E-state index contributed by atoms with van der Waals surface area (Å²) in [5.41, 5.74) is 5.82. The summed E-state index contributed by atoms with van der Waals surface area (Å²) >= 11 is 0. The second kappa shape index (κ2) is 5.28. The van der Waals surface area contributed by atoms with Crippen molar-refractivity contribution in [3.8, 4) is 5.75 Å². The summed E-state index contributed by atoms with van der Waals surface area (Å²) in [4.78, 5) is 0.299. The SMILES string of the molecule is COc1ccccc1S(=O)(=O)C1CCC(N)CC1. The molecule has 0 aliphatic heterocycles. The average Bonchev–Trinajstić information content (AvgIpc) is 2.39. The summed E-state index contributed by atoms with van der Waals surface area (Å²) in [7, 11) is -1.82. The fraction of sp³-hybridized carbons (Fsp3) is 0.538. The van der Waals surface area contributed by atoms with Crippen LogP contribution in [0.2, 0.25) is 0 Å². The van der Waals surface area contributed by atoms with Crippen molar-refractivity contribution in [1.29, 1.82) is 0 Å². The van der Waals surface area contributed by atoms with Crippen molar-refractivity contribution in [2.24, 2.45) is 5.73 Å². The van der Waals surface area contributed by atoms with Gasteiger partial charge in [-0.1, -0.05) is 12.1 Å². The Hall–Kier alpha value is -1.07. The lowest BCUT2D eigenvalue weighted by atomic mass is 9.96. The summed E-state index contributed by atoms with van der Waals surface area (Å²) in [6, 6.07) is 6.94. The Kier molecular flexibility index (Phi) is 3.92. The standard InChI is InChI=1S/C13H19NO3S/c1-17-12-4-2-3-5-13(12)18(15,16)11-8-6-10(14)7-9-11/h2-5,10-11H,6-9,14H2,1H3. The van der Waals surface area contributed by atoms with Gasteiger partial charge in [-0.3, -0.25) is 0 Å². The van der Waals surface area contributed by atoms with E-state index in [1.54, 1.807) is 24.3 Å². The van der Waals surface area contributed by atoms with Gasteiger partial charge in [0.15, 0.2) is 9.84 Å². The molecule has 1 aromatic carbocycles. The number of rotatable bonds is 3. The third-order valence-electron chi connectivity index (χ3n) is 3.53. The molecule has 2 N–H and O–H groups in total. The topological polar surface area (TPSA) is 69.4 Å². The van der Waals surface area contributed by atoms with Crippen LogP contribution in [0.5, 0.6) is 5.75 Å². The molecule has 18 heavy (non-hydrogen) atoms. The van der Waals surface area contributed by atoms with Crippen LogP contribution in [-0.2, 0) is 9.84 Å². The van der Waals surface area contributed by atoms with Crippen LogP contribution < -0.4 is 10.5 Å². The quantitative estimate of drug-likeness (QED) is 0.907. The second-order valence-corrected chi connectivity index (χ2v) is 6.93. The van der Waals surface area contributed by atoms with Crippen molar-refractivity contribution in [2.45, 2.75) is 41.9 Å². The zero-order chi connectivity index (χ0) is 13.2. The lowest BCUT2D eigenvalue weighted by molar-refractivity contribution is 0.399. The van der Waals surface area contributed by atoms with Gasteiger partial charge in [-0.2, -0.15) is 0 Å². The van der Waals surface area contributed by atoms with Crippen LogP contribution in [0.4, 0.5) is 0 Å². The van der Waals surface area contributed by atoms with Crippen molar-refractivity contribution in [2.75, 3.05) is 7.11 Å². The molecule has 1 aliphatic carbocycles. The van der Waals surface area contributed by atoms with Crippen molar-refractivity contribution in [1.82, 2.24) is 0 Å². The first-order chi connectivity index (χ1) is 8.55. The Bertz CT molecular complexity index is 505. The van der Waals surface area contributed by atoms with Crippen molar-refractivity contribution in [3.05, 3.63) is 24.3 Å². The van der Waals surface area contributed by atoms with Gasteiger partial charge in [0.05, 0.1) is 12.4 Å². The van der Waals surface area contributed by atoms with Crippen LogP contribution in [0, 0.1) is 0 Å². The molecule has 0 heterocycles. The van der Waals surface area contributed by atoms with E-state index in [1.165, 1.54) is 7.11 Å². The number of ether oxygens (including phenoxy) is 1. The van der Waals surface area contributed by atoms with E-state index in [-0.39, 0.29) is 11.3 Å². The smallest absolute Gasteiger partial charge is 0.184 e. The molecular formula is C13H19NO3S. The fourth-order valence-corrected chi connectivity index (χ4v) is 4.38. The average molecular weight is 269 g/mol. The van der Waals surface area contributed by atoms with Gasteiger partial charge < -0.3 is 10.5 Å². The Morgan fingerprint density at radius 3 is 2.39 bits per heavy atom. The van der Waals surface area contributed by atoms with E-state index in [1.807, 2.05) is 0 Å². The molecule has 0 radical (unpaired) electrons. The van der Waals surface area contributed by atoms with Crippen LogP contribution in [0.1, 0.15) is 25.7 Å². The van der Waals surface area contributed by atoms with Crippen LogP contribution in [-0.4, -0.2) is 26.8 Å². The van der Waals surface area contributed by atoms with Gasteiger partial charge in [-0.05, 0) is 37.8 Å². The first kappa shape index (κ1) is 13.4. The van der Waals surface area contributed by atoms with Gasteiger partial charge in [0.2, 0.25) is 0 Å². The molecule has 0 atom stereocenters. The summed E-state index contributed by atoms with van der Waals surface area (Å²) in [6.45, 7) is 0. The Labute approximate surface area is 108 Å². The van der Waals surface area contributed by atoms with E-state index in [0.717, 1.165) is 12.8 Å². The van der Waals surface area contributed by atoms with E-state index >= 15 is 0 Å². The van der Waals surface area contributed by atoms with Crippen molar-refractivity contribution >= 4 is 9.84 Å². The molecule has 0 aromatic heterocycles. The van der Waals surface area contributed by atoms with E-state index in [9.17, 15) is 8.42 Å². The Balaban J connectivity index is 2.30. The third kappa shape index (κ3) is 2.52. The van der Waals surface area contributed by atoms with Crippen LogP contribution in [0.15, 0.2) is 29.2 Å². The van der Waals surface area contributed by atoms with Crippen molar-refractivity contribution in [3.63, 3.8) is 0 Å². The zero-order valence-corrected chi connectivity index (χ0v) is 11.3. The maximum absolute atomic E-state index is 12.6. The minimum atomic E-state index is -3.31. The van der Waals surface area contributed by atoms with E-state index in [4.69, 9.17) is 10.5 Å². The van der Waals surface area contributed by atoms with Crippen LogP contribution in [0.25, 0.3) is 0 Å². The first-order valence-corrected chi connectivity index (χ1v) is 7.73. The zero-order valence-electron chi connectivity index (χ0n) is 10.5. The molecule has 0 bridgehead atoms. The molecule has 4 nitrogen and oxygen atoms in total. The monoisotopic (exact) mass is 269 g/mol. The van der Waals surface area contributed by atoms with Gasteiger partial charge >= 0.3 is 0 Å². The highest BCUT2D eigenvalue weighted by Gasteiger charge is 2.32. The van der Waals surface area contributed by atoms with Crippen LogP contribution in [0.3, 0.4) is 0 Å². The first-order valence-electron chi connectivity index (χ1n) is 6.18. The molecule has 0 spiro atoms. The maximum Gasteiger partial charge on any atom is 0.184 e. The Morgan fingerprint density at radius 1 is 1.17 bits per heavy atom. The molecule has 0 amide bonds. The largest absolute Gasteiger partial charge is 0.495 e. The van der Waals surface area contributed by atoms with E-state index < -0.39 is 9.84 Å². The van der Waals surface area contributed by atoms with Gasteiger partial charge in [0, 0.05) is 6.04 Å². The summed E-state index contributed by atoms with van der Waals surface area (Å²) in [5.74, 6) is 0.423. The molecule has 0 unspecified atom stereocenters. The van der Waals surface area contributed by atoms with E-state index in [2.05, 4.69) is 0 Å². The minimum absolute atomic E-state index is 0.147. The predicted molar refractivity (Wildman–Crippen MR) is 70.4 cm³/mol. The lowest BCUT2D eigenvalue weighted by Gasteiger charge is -2.26. The van der Waals surface area contributed by atoms with Crippen molar-refractivity contribution < 1.29 is 13.2 Å². The van der Waals surface area contributed by atoms with Crippen LogP contribution >= 0.6 is 0 Å². The lowest BCUT2D eigenvalue weighted by Crippen LogP contribution is -2.33. The fourth-order valence-electron chi connectivity index (χ4n) is 2.43. The predicted octanol–water partition coefficient (Wildman–Crippen LogP) is 1.74. The normalized spacial score (nSPS) is 24.8. The summed E-state index contributed by atoms with van der Waals surface area (Å²) in [6.07, 6.45) is 2.83. The highest BCUT2D eigenvalue weighted by molar-refractivity contribution is 7.92. The van der Waals surface area contributed by atoms with Gasteiger partial charge in [-0.15, -0.1) is 0 Å². The number of hydrogen-bond acceptors (Lipinski definition) is 4. The number of sulfone groups is 1. The van der Waals surface area contributed by atoms with Gasteiger partial charge in [0.1, 0.15) is 10.6 Å². The summed E-state index contributed by atoms with van der Waals surface area (Å²) in [5, 5.41) is -0.325. The molecule has 1 saturated carbocycles. The second-order valence-electron chi connectivity index (χ2n) is 4.73. The number of para-hydroxylation sites is 1. The summed E-state index contributed by atoms with van der Waals surface area (Å²) < 4.78 is 30.2. The molecule has 1 aromatic rings. The number of benzene rings is 1. The third-order valence-corrected chi connectivity index (χ3v) is 5.83. The molecule has 0 saturated heterocycles. The molecule has 2 rings (SSSR count). The molecule has 1 aliphatic rings. The molecule has 100 valence electrons. The van der Waals surface area contributed by atoms with Gasteiger partial charge in [-0.25, -0.2) is 8.42 Å². The van der Waals surface area contributed by atoms with Gasteiger partial charge in [0.25, 0.3) is 0 Å². The molecule has 1 fully saturated rings. The molecule has 5 heteroatoms. The Morgan fingerprint density at radius 2 is 1.78 bits per heavy atom. The highest BCUT2D eigenvalue weighted by Crippen LogP contribution is 2.32. The maximum atomic E-state index is 12.6.